The molecule has 6 heteroatoms. The molecule has 0 unspecified atom stereocenters. The molecule has 110 valence electrons. The number of methoxy groups -OCH3 is 1. The average Bonchev–Trinajstić information content (AvgIpc) is 2.49. The summed E-state index contributed by atoms with van der Waals surface area (Å²) in [6.45, 7) is 3.52. The van der Waals surface area contributed by atoms with E-state index in [4.69, 9.17) is 4.74 Å². The van der Waals surface area contributed by atoms with E-state index in [-0.39, 0.29) is 18.2 Å². The lowest BCUT2D eigenvalue weighted by atomic mass is 10.1. The molecule has 0 amide bonds. The Morgan fingerprint density at radius 1 is 1.29 bits per heavy atom. The Balaban J connectivity index is 2.26. The van der Waals surface area contributed by atoms with E-state index in [2.05, 4.69) is 10.1 Å². The third kappa shape index (κ3) is 3.53. The molecule has 0 N–H and O–H groups in total. The topological polar surface area (TPSA) is 74.1 Å². The van der Waals surface area contributed by atoms with Crippen LogP contribution < -0.4 is 10.4 Å². The summed E-state index contributed by atoms with van der Waals surface area (Å²) in [6, 6.07) is 7.16. The minimum absolute atomic E-state index is 0.0492. The van der Waals surface area contributed by atoms with Crippen molar-refractivity contribution in [1.29, 1.82) is 0 Å². The zero-order chi connectivity index (χ0) is 15.4. The molecule has 0 aliphatic carbocycles. The van der Waals surface area contributed by atoms with Gasteiger partial charge in [-0.25, -0.2) is 9.48 Å². The SMILES string of the molecule is COc1ccc(-c2cnn(CC(=O)C(C)C)c(=O)n2)cc1. The van der Waals surface area contributed by atoms with Crippen LogP contribution in [0.4, 0.5) is 0 Å². The third-order valence-electron chi connectivity index (χ3n) is 3.09. The Kier molecular flexibility index (Phi) is 4.47. The second-order valence-corrected chi connectivity index (χ2v) is 4.93. The molecule has 21 heavy (non-hydrogen) atoms. The number of hydrogen-bond donors (Lipinski definition) is 0. The number of hydrogen-bond acceptors (Lipinski definition) is 5. The molecule has 2 aromatic rings. The van der Waals surface area contributed by atoms with Gasteiger partial charge in [0, 0.05) is 11.5 Å². The van der Waals surface area contributed by atoms with Gasteiger partial charge >= 0.3 is 5.69 Å². The van der Waals surface area contributed by atoms with Crippen LogP contribution in [0.2, 0.25) is 0 Å². The first-order valence-corrected chi connectivity index (χ1v) is 6.62. The van der Waals surface area contributed by atoms with Crippen molar-refractivity contribution >= 4 is 5.78 Å². The van der Waals surface area contributed by atoms with Crippen LogP contribution in [0, 0.1) is 5.92 Å². The summed E-state index contributed by atoms with van der Waals surface area (Å²) in [7, 11) is 1.59. The molecule has 0 fully saturated rings. The van der Waals surface area contributed by atoms with Crippen molar-refractivity contribution < 1.29 is 9.53 Å². The summed E-state index contributed by atoms with van der Waals surface area (Å²) in [6.07, 6.45) is 1.48. The molecular weight excluding hydrogens is 270 g/mol. The number of carbonyl (C=O) groups excluding carboxylic acids is 1. The van der Waals surface area contributed by atoms with E-state index in [9.17, 15) is 9.59 Å². The fourth-order valence-electron chi connectivity index (χ4n) is 1.70. The highest BCUT2D eigenvalue weighted by Gasteiger charge is 2.11. The van der Waals surface area contributed by atoms with Crippen molar-refractivity contribution in [3.8, 4) is 17.0 Å². The number of benzene rings is 1. The molecule has 0 saturated carbocycles. The van der Waals surface area contributed by atoms with Gasteiger partial charge in [0.1, 0.15) is 12.3 Å². The Morgan fingerprint density at radius 3 is 2.48 bits per heavy atom. The molecule has 0 aliphatic heterocycles. The lowest BCUT2D eigenvalue weighted by Crippen LogP contribution is -2.30. The van der Waals surface area contributed by atoms with E-state index in [1.54, 1.807) is 45.2 Å². The van der Waals surface area contributed by atoms with Crippen LogP contribution >= 0.6 is 0 Å². The number of nitrogens with zero attached hydrogens (tertiary/aromatic N) is 3. The summed E-state index contributed by atoms with van der Waals surface area (Å²) >= 11 is 0. The van der Waals surface area contributed by atoms with Crippen molar-refractivity contribution in [2.24, 2.45) is 5.92 Å². The fourth-order valence-corrected chi connectivity index (χ4v) is 1.70. The van der Waals surface area contributed by atoms with Crippen LogP contribution in [0.3, 0.4) is 0 Å². The number of ketones is 1. The maximum absolute atomic E-state index is 11.9. The number of aromatic nitrogens is 3. The van der Waals surface area contributed by atoms with Gasteiger partial charge in [-0.2, -0.15) is 10.1 Å². The van der Waals surface area contributed by atoms with Gasteiger partial charge in [0.05, 0.1) is 19.0 Å². The monoisotopic (exact) mass is 287 g/mol. The smallest absolute Gasteiger partial charge is 0.364 e. The summed E-state index contributed by atoms with van der Waals surface area (Å²) in [5, 5.41) is 4.01. The number of carbonyl (C=O) groups is 1. The second-order valence-electron chi connectivity index (χ2n) is 4.93. The number of Topliss-reactive ketones (excluding diaryl/α,β-unsaturated/α-hetero) is 1. The van der Waals surface area contributed by atoms with Gasteiger partial charge in [-0.1, -0.05) is 13.8 Å². The largest absolute Gasteiger partial charge is 0.497 e. The summed E-state index contributed by atoms with van der Waals surface area (Å²) in [5.41, 5.74) is 0.705. The van der Waals surface area contributed by atoms with Gasteiger partial charge in [0.15, 0.2) is 5.78 Å². The van der Waals surface area contributed by atoms with Crippen molar-refractivity contribution in [2.45, 2.75) is 20.4 Å². The lowest BCUT2D eigenvalue weighted by molar-refractivity contribution is -0.122. The van der Waals surface area contributed by atoms with Crippen LogP contribution in [0.5, 0.6) is 5.75 Å². The van der Waals surface area contributed by atoms with Crippen LogP contribution in [-0.4, -0.2) is 27.7 Å². The standard InChI is InChI=1S/C15H17N3O3/c1-10(2)14(19)9-18-15(20)17-13(8-16-18)11-4-6-12(21-3)7-5-11/h4-8,10H,9H2,1-3H3. The Hall–Kier alpha value is -2.50. The van der Waals surface area contributed by atoms with Gasteiger partial charge in [0.2, 0.25) is 0 Å². The lowest BCUT2D eigenvalue weighted by Gasteiger charge is -2.07. The molecule has 0 spiro atoms. The summed E-state index contributed by atoms with van der Waals surface area (Å²) in [4.78, 5) is 27.5. The minimum atomic E-state index is -0.530. The second kappa shape index (κ2) is 6.30. The highest BCUT2D eigenvalue weighted by molar-refractivity contribution is 5.79. The molecule has 0 radical (unpaired) electrons. The molecule has 0 aliphatic rings. The van der Waals surface area contributed by atoms with E-state index in [1.807, 2.05) is 0 Å². The van der Waals surface area contributed by atoms with Gasteiger partial charge in [0.25, 0.3) is 0 Å². The van der Waals surface area contributed by atoms with Gasteiger partial charge < -0.3 is 4.74 Å². The molecule has 1 aromatic carbocycles. The zero-order valence-corrected chi connectivity index (χ0v) is 12.2. The van der Waals surface area contributed by atoms with E-state index in [0.717, 1.165) is 16.0 Å². The van der Waals surface area contributed by atoms with Gasteiger partial charge in [-0.3, -0.25) is 4.79 Å². The maximum atomic E-state index is 11.9. The zero-order valence-electron chi connectivity index (χ0n) is 12.2. The number of ether oxygens (including phenoxy) is 1. The highest BCUT2D eigenvalue weighted by Crippen LogP contribution is 2.18. The quantitative estimate of drug-likeness (QED) is 0.834. The van der Waals surface area contributed by atoms with Crippen LogP contribution in [0.25, 0.3) is 11.3 Å². The normalized spacial score (nSPS) is 10.7. The predicted molar refractivity (Wildman–Crippen MR) is 78.1 cm³/mol. The minimum Gasteiger partial charge on any atom is -0.497 e. The van der Waals surface area contributed by atoms with E-state index >= 15 is 0 Å². The Morgan fingerprint density at radius 2 is 1.95 bits per heavy atom. The molecule has 0 bridgehead atoms. The first kappa shape index (κ1) is 14.9. The van der Waals surface area contributed by atoms with E-state index < -0.39 is 5.69 Å². The van der Waals surface area contributed by atoms with Crippen molar-refractivity contribution in [3.63, 3.8) is 0 Å². The summed E-state index contributed by atoms with van der Waals surface area (Å²) in [5.74, 6) is 0.533. The molecule has 2 rings (SSSR count). The van der Waals surface area contributed by atoms with Crippen molar-refractivity contribution in [2.75, 3.05) is 7.11 Å². The molecular formula is C15H17N3O3. The van der Waals surface area contributed by atoms with Crippen LogP contribution in [0.15, 0.2) is 35.3 Å². The Bertz CT molecular complexity index is 690. The van der Waals surface area contributed by atoms with E-state index in [0.29, 0.717) is 5.69 Å². The van der Waals surface area contributed by atoms with Crippen molar-refractivity contribution in [3.05, 3.63) is 40.9 Å². The third-order valence-corrected chi connectivity index (χ3v) is 3.09. The molecule has 0 saturated heterocycles. The number of rotatable bonds is 5. The molecule has 1 aromatic heterocycles. The average molecular weight is 287 g/mol. The van der Waals surface area contributed by atoms with Gasteiger partial charge in [-0.05, 0) is 24.3 Å². The van der Waals surface area contributed by atoms with E-state index in [1.165, 1.54) is 6.20 Å². The summed E-state index contributed by atoms with van der Waals surface area (Å²) < 4.78 is 6.15. The fraction of sp³-hybridized carbons (Fsp3) is 0.333. The van der Waals surface area contributed by atoms with Crippen LogP contribution in [0.1, 0.15) is 13.8 Å². The molecule has 0 atom stereocenters. The van der Waals surface area contributed by atoms with Crippen LogP contribution in [-0.2, 0) is 11.3 Å². The predicted octanol–water partition coefficient (Wildman–Crippen LogP) is 1.54. The molecule has 1 heterocycles. The highest BCUT2D eigenvalue weighted by atomic mass is 16.5. The maximum Gasteiger partial charge on any atom is 0.364 e. The first-order chi connectivity index (χ1) is 10.0. The Labute approximate surface area is 122 Å². The first-order valence-electron chi connectivity index (χ1n) is 6.62. The van der Waals surface area contributed by atoms with Gasteiger partial charge in [-0.15, -0.1) is 0 Å². The molecule has 6 nitrogen and oxygen atoms in total. The van der Waals surface area contributed by atoms with Crippen molar-refractivity contribution in [1.82, 2.24) is 14.8 Å².